The third kappa shape index (κ3) is 2.90. The van der Waals surface area contributed by atoms with Gasteiger partial charge < -0.3 is 5.32 Å². The average molecular weight is 289 g/mol. The number of anilines is 1. The Morgan fingerprint density at radius 3 is 2.85 bits per heavy atom. The molecule has 0 aliphatic heterocycles. The first kappa shape index (κ1) is 13.7. The summed E-state index contributed by atoms with van der Waals surface area (Å²) >= 11 is 6.55. The zero-order valence-electron chi connectivity index (χ0n) is 11.9. The number of nitrogens with zero attached hydrogens (tertiary/aromatic N) is 1. The Morgan fingerprint density at radius 1 is 1.15 bits per heavy atom. The first-order valence-corrected chi connectivity index (χ1v) is 7.95. The number of pyridine rings is 1. The molecule has 1 aliphatic rings. The molecule has 3 rings (SSSR count). The predicted octanol–water partition coefficient (Wildman–Crippen LogP) is 4.90. The van der Waals surface area contributed by atoms with Crippen molar-refractivity contribution >= 4 is 28.2 Å². The van der Waals surface area contributed by atoms with Crippen molar-refractivity contribution in [2.45, 2.75) is 50.4 Å². The van der Waals surface area contributed by atoms with E-state index >= 15 is 0 Å². The van der Waals surface area contributed by atoms with E-state index < -0.39 is 0 Å². The van der Waals surface area contributed by atoms with E-state index in [9.17, 15) is 0 Å². The summed E-state index contributed by atoms with van der Waals surface area (Å²) in [4.78, 5) is 4.59. The highest BCUT2D eigenvalue weighted by Gasteiger charge is 2.22. The van der Waals surface area contributed by atoms with Gasteiger partial charge in [-0.15, -0.1) is 11.6 Å². The number of benzene rings is 1. The van der Waals surface area contributed by atoms with Crippen LogP contribution in [0.3, 0.4) is 0 Å². The van der Waals surface area contributed by atoms with Crippen LogP contribution in [0.1, 0.15) is 37.8 Å². The third-order valence-corrected chi connectivity index (χ3v) is 4.64. The summed E-state index contributed by atoms with van der Waals surface area (Å²) in [6.07, 6.45) is 6.09. The standard InChI is InChI=1S/C17H21ClN2/c1-12-11-17(13-7-5-6-9-15(13)19-12)20-16-10-4-2-3-8-14(16)18/h5-7,9,11,14,16H,2-4,8,10H2,1H3,(H,19,20). The highest BCUT2D eigenvalue weighted by Crippen LogP contribution is 2.29. The van der Waals surface area contributed by atoms with Crippen LogP contribution < -0.4 is 5.32 Å². The second-order valence-corrected chi connectivity index (χ2v) is 6.29. The van der Waals surface area contributed by atoms with E-state index in [0.717, 1.165) is 24.1 Å². The van der Waals surface area contributed by atoms with Crippen LogP contribution in [-0.4, -0.2) is 16.4 Å². The van der Waals surface area contributed by atoms with Gasteiger partial charge in [0.1, 0.15) is 0 Å². The van der Waals surface area contributed by atoms with E-state index in [1.807, 2.05) is 13.0 Å². The van der Waals surface area contributed by atoms with E-state index in [0.29, 0.717) is 6.04 Å². The van der Waals surface area contributed by atoms with Crippen LogP contribution in [0.5, 0.6) is 0 Å². The van der Waals surface area contributed by atoms with Gasteiger partial charge in [0.05, 0.1) is 10.9 Å². The minimum Gasteiger partial charge on any atom is -0.380 e. The van der Waals surface area contributed by atoms with E-state index in [4.69, 9.17) is 11.6 Å². The van der Waals surface area contributed by atoms with Gasteiger partial charge in [0.15, 0.2) is 0 Å². The molecule has 1 aliphatic carbocycles. The van der Waals surface area contributed by atoms with Gasteiger partial charge in [0, 0.05) is 22.8 Å². The molecule has 0 bridgehead atoms. The van der Waals surface area contributed by atoms with Crippen molar-refractivity contribution in [2.75, 3.05) is 5.32 Å². The molecule has 2 aromatic rings. The zero-order valence-corrected chi connectivity index (χ0v) is 12.7. The minimum absolute atomic E-state index is 0.227. The molecule has 1 heterocycles. The van der Waals surface area contributed by atoms with Crippen molar-refractivity contribution in [3.05, 3.63) is 36.0 Å². The molecule has 0 amide bonds. The Hall–Kier alpha value is -1.28. The van der Waals surface area contributed by atoms with E-state index in [-0.39, 0.29) is 5.38 Å². The smallest absolute Gasteiger partial charge is 0.0725 e. The molecule has 3 heteroatoms. The summed E-state index contributed by atoms with van der Waals surface area (Å²) < 4.78 is 0. The quantitative estimate of drug-likeness (QED) is 0.628. The van der Waals surface area contributed by atoms with Gasteiger partial charge in [-0.25, -0.2) is 0 Å². The molecule has 0 spiro atoms. The molecule has 2 nitrogen and oxygen atoms in total. The summed E-state index contributed by atoms with van der Waals surface area (Å²) in [7, 11) is 0. The maximum absolute atomic E-state index is 6.55. The number of aromatic nitrogens is 1. The molecule has 2 unspecified atom stereocenters. The fraction of sp³-hybridized carbons (Fsp3) is 0.471. The minimum atomic E-state index is 0.227. The Labute approximate surface area is 125 Å². The molecule has 20 heavy (non-hydrogen) atoms. The first-order chi connectivity index (χ1) is 9.74. The van der Waals surface area contributed by atoms with E-state index in [1.165, 1.54) is 30.3 Å². The average Bonchev–Trinajstić information content (AvgIpc) is 2.64. The van der Waals surface area contributed by atoms with Crippen molar-refractivity contribution in [3.8, 4) is 0 Å². The number of fused-ring (bicyclic) bond motifs is 1. The Bertz CT molecular complexity index is 597. The lowest BCUT2D eigenvalue weighted by atomic mass is 10.1. The maximum Gasteiger partial charge on any atom is 0.0725 e. The number of para-hydroxylation sites is 1. The fourth-order valence-corrected chi connectivity index (χ4v) is 3.40. The molecule has 1 fully saturated rings. The molecule has 0 radical (unpaired) electrons. The van der Waals surface area contributed by atoms with E-state index in [2.05, 4.69) is 34.6 Å². The van der Waals surface area contributed by atoms with Crippen LogP contribution in [-0.2, 0) is 0 Å². The van der Waals surface area contributed by atoms with Gasteiger partial charge in [-0.1, -0.05) is 37.5 Å². The van der Waals surface area contributed by atoms with Crippen LogP contribution in [0.25, 0.3) is 10.9 Å². The van der Waals surface area contributed by atoms with Gasteiger partial charge in [0.2, 0.25) is 0 Å². The highest BCUT2D eigenvalue weighted by molar-refractivity contribution is 6.21. The lowest BCUT2D eigenvalue weighted by Gasteiger charge is -2.23. The molecular formula is C17H21ClN2. The Kier molecular flexibility index (Phi) is 4.11. The molecule has 1 N–H and O–H groups in total. The van der Waals surface area contributed by atoms with Crippen molar-refractivity contribution in [3.63, 3.8) is 0 Å². The summed E-state index contributed by atoms with van der Waals surface area (Å²) in [5.74, 6) is 0. The van der Waals surface area contributed by atoms with Crippen LogP contribution in [0.15, 0.2) is 30.3 Å². The second kappa shape index (κ2) is 6.01. The Morgan fingerprint density at radius 2 is 1.95 bits per heavy atom. The van der Waals surface area contributed by atoms with Crippen LogP contribution in [0.2, 0.25) is 0 Å². The van der Waals surface area contributed by atoms with Crippen molar-refractivity contribution in [1.29, 1.82) is 0 Å². The van der Waals surface area contributed by atoms with Crippen LogP contribution in [0, 0.1) is 6.92 Å². The van der Waals surface area contributed by atoms with Gasteiger partial charge in [-0.05, 0) is 31.9 Å². The summed E-state index contributed by atoms with van der Waals surface area (Å²) in [5, 5.41) is 5.10. The lowest BCUT2D eigenvalue weighted by Crippen LogP contribution is -2.28. The topological polar surface area (TPSA) is 24.9 Å². The molecule has 2 atom stereocenters. The molecule has 106 valence electrons. The summed E-state index contributed by atoms with van der Waals surface area (Å²) in [6.45, 7) is 2.04. The van der Waals surface area contributed by atoms with Gasteiger partial charge in [-0.2, -0.15) is 0 Å². The molecule has 1 saturated carbocycles. The Balaban J connectivity index is 1.93. The maximum atomic E-state index is 6.55. The summed E-state index contributed by atoms with van der Waals surface area (Å²) in [6, 6.07) is 10.8. The molecular weight excluding hydrogens is 268 g/mol. The molecule has 0 saturated heterocycles. The molecule has 1 aromatic heterocycles. The number of nitrogens with one attached hydrogen (secondary N) is 1. The number of halogens is 1. The fourth-order valence-electron chi connectivity index (χ4n) is 3.05. The number of hydrogen-bond donors (Lipinski definition) is 1. The van der Waals surface area contributed by atoms with Crippen molar-refractivity contribution < 1.29 is 0 Å². The number of rotatable bonds is 2. The highest BCUT2D eigenvalue weighted by atomic mass is 35.5. The lowest BCUT2D eigenvalue weighted by molar-refractivity contribution is 0.628. The summed E-state index contributed by atoms with van der Waals surface area (Å²) in [5.41, 5.74) is 3.27. The van der Waals surface area contributed by atoms with Gasteiger partial charge in [0.25, 0.3) is 0 Å². The predicted molar refractivity (Wildman–Crippen MR) is 86.6 cm³/mol. The van der Waals surface area contributed by atoms with Crippen LogP contribution >= 0.6 is 11.6 Å². The third-order valence-electron chi connectivity index (χ3n) is 4.12. The molecule has 1 aromatic carbocycles. The first-order valence-electron chi connectivity index (χ1n) is 7.51. The second-order valence-electron chi connectivity index (χ2n) is 5.73. The normalized spacial score (nSPS) is 23.5. The van der Waals surface area contributed by atoms with Gasteiger partial charge in [-0.3, -0.25) is 4.98 Å². The van der Waals surface area contributed by atoms with Crippen LogP contribution in [0.4, 0.5) is 5.69 Å². The van der Waals surface area contributed by atoms with Crippen molar-refractivity contribution in [2.24, 2.45) is 0 Å². The number of alkyl halides is 1. The SMILES string of the molecule is Cc1cc(NC2CCCCCC2Cl)c2ccccc2n1. The monoisotopic (exact) mass is 288 g/mol. The van der Waals surface area contributed by atoms with Gasteiger partial charge >= 0.3 is 0 Å². The number of aryl methyl sites for hydroxylation is 1. The van der Waals surface area contributed by atoms with E-state index in [1.54, 1.807) is 0 Å². The largest absolute Gasteiger partial charge is 0.380 e. The number of hydrogen-bond acceptors (Lipinski definition) is 2. The van der Waals surface area contributed by atoms with Crippen molar-refractivity contribution in [1.82, 2.24) is 4.98 Å². The zero-order chi connectivity index (χ0) is 13.9.